The Bertz CT molecular complexity index is 763. The number of alkyl carbamates (subject to hydrolysis) is 1. The molecule has 168 valence electrons. The van der Waals surface area contributed by atoms with Gasteiger partial charge in [-0.1, -0.05) is 0 Å². The Morgan fingerprint density at radius 1 is 1.13 bits per heavy atom. The number of benzene rings is 1. The molecule has 2 rings (SSSR count). The number of anilines is 1. The third kappa shape index (κ3) is 7.23. The van der Waals surface area contributed by atoms with Crippen molar-refractivity contribution in [3.05, 3.63) is 24.3 Å². The molecule has 0 aliphatic carbocycles. The number of halogens is 5. The van der Waals surface area contributed by atoms with Gasteiger partial charge < -0.3 is 25.0 Å². The Labute approximate surface area is 169 Å². The molecule has 0 radical (unpaired) electrons. The zero-order valence-electron chi connectivity index (χ0n) is 16.5. The Balaban J connectivity index is 1.98. The van der Waals surface area contributed by atoms with E-state index >= 15 is 0 Å². The number of nitrogens with zero attached hydrogens (tertiary/aromatic N) is 1. The summed E-state index contributed by atoms with van der Waals surface area (Å²) in [5.74, 6) is -3.72. The Hall–Kier alpha value is -2.79. The molecule has 12 heteroatoms. The minimum Gasteiger partial charge on any atom is -0.444 e. The summed E-state index contributed by atoms with van der Waals surface area (Å²) in [5.41, 5.74) is -0.740. The van der Waals surface area contributed by atoms with Gasteiger partial charge in [0.05, 0.1) is 0 Å². The zero-order chi connectivity index (χ0) is 22.7. The van der Waals surface area contributed by atoms with Crippen molar-refractivity contribution in [2.45, 2.75) is 51.1 Å². The molecule has 3 amide bonds. The molecule has 1 unspecified atom stereocenters. The van der Waals surface area contributed by atoms with E-state index in [9.17, 15) is 31.5 Å². The van der Waals surface area contributed by atoms with Crippen molar-refractivity contribution in [1.82, 2.24) is 10.2 Å². The van der Waals surface area contributed by atoms with E-state index in [1.54, 1.807) is 20.8 Å². The molecule has 1 aromatic rings. The summed E-state index contributed by atoms with van der Waals surface area (Å²) < 4.78 is 73.6. The molecule has 1 heterocycles. The molecular weight excluding hydrogens is 417 g/mol. The first-order chi connectivity index (χ1) is 13.6. The van der Waals surface area contributed by atoms with E-state index in [1.807, 2.05) is 0 Å². The van der Waals surface area contributed by atoms with Gasteiger partial charge in [0.15, 0.2) is 0 Å². The average molecular weight is 439 g/mol. The standard InChI is InChI=1S/C18H22F5N3O4/c1-16(2,3)30-15(28)25-13-10-26(9-8-17(13,19)20)14(27)24-11-4-6-12(7-5-11)29-18(21,22)23/h4-7,13H,8-10H2,1-3H3,(H,24,27)(H,25,28). The first-order valence-electron chi connectivity index (χ1n) is 8.94. The molecule has 30 heavy (non-hydrogen) atoms. The van der Waals surface area contributed by atoms with Crippen LogP contribution in [-0.4, -0.2) is 54.0 Å². The van der Waals surface area contributed by atoms with E-state index in [0.717, 1.165) is 17.0 Å². The molecule has 0 aromatic heterocycles. The van der Waals surface area contributed by atoms with Crippen molar-refractivity contribution in [3.63, 3.8) is 0 Å². The maximum Gasteiger partial charge on any atom is 0.573 e. The molecule has 0 saturated carbocycles. The fourth-order valence-corrected chi connectivity index (χ4v) is 2.63. The van der Waals surface area contributed by atoms with Crippen molar-refractivity contribution >= 4 is 17.8 Å². The smallest absolute Gasteiger partial charge is 0.444 e. The van der Waals surface area contributed by atoms with Crippen LogP contribution in [0.4, 0.5) is 37.2 Å². The molecule has 1 atom stereocenters. The third-order valence-electron chi connectivity index (χ3n) is 3.95. The van der Waals surface area contributed by atoms with Crippen LogP contribution >= 0.6 is 0 Å². The normalized spacial score (nSPS) is 19.1. The summed E-state index contributed by atoms with van der Waals surface area (Å²) >= 11 is 0. The van der Waals surface area contributed by atoms with Gasteiger partial charge in [0, 0.05) is 25.2 Å². The van der Waals surface area contributed by atoms with Gasteiger partial charge in [-0.15, -0.1) is 13.2 Å². The lowest BCUT2D eigenvalue weighted by Gasteiger charge is -2.38. The topological polar surface area (TPSA) is 79.9 Å². The van der Waals surface area contributed by atoms with Crippen molar-refractivity contribution in [2.75, 3.05) is 18.4 Å². The van der Waals surface area contributed by atoms with Crippen LogP contribution in [0.15, 0.2) is 24.3 Å². The fourth-order valence-electron chi connectivity index (χ4n) is 2.63. The van der Waals surface area contributed by atoms with Gasteiger partial charge in [0.25, 0.3) is 5.92 Å². The fraction of sp³-hybridized carbons (Fsp3) is 0.556. The second-order valence-electron chi connectivity index (χ2n) is 7.66. The van der Waals surface area contributed by atoms with Crippen molar-refractivity contribution in [3.8, 4) is 5.75 Å². The molecule has 1 saturated heterocycles. The molecule has 1 aromatic carbocycles. The van der Waals surface area contributed by atoms with Crippen LogP contribution in [0.25, 0.3) is 0 Å². The van der Waals surface area contributed by atoms with Gasteiger partial charge in [-0.25, -0.2) is 18.4 Å². The highest BCUT2D eigenvalue weighted by Crippen LogP contribution is 2.29. The summed E-state index contributed by atoms with van der Waals surface area (Å²) in [4.78, 5) is 25.3. The van der Waals surface area contributed by atoms with Gasteiger partial charge in [-0.2, -0.15) is 0 Å². The van der Waals surface area contributed by atoms with E-state index < -0.39 is 54.8 Å². The maximum atomic E-state index is 14.2. The maximum absolute atomic E-state index is 14.2. The van der Waals surface area contributed by atoms with Gasteiger partial charge in [0.1, 0.15) is 17.4 Å². The van der Waals surface area contributed by atoms with Gasteiger partial charge in [-0.3, -0.25) is 0 Å². The molecular formula is C18H22F5N3O4. The van der Waals surface area contributed by atoms with E-state index in [2.05, 4.69) is 15.4 Å². The first-order valence-corrected chi connectivity index (χ1v) is 8.94. The average Bonchev–Trinajstić information content (AvgIpc) is 2.55. The molecule has 7 nitrogen and oxygen atoms in total. The highest BCUT2D eigenvalue weighted by molar-refractivity contribution is 5.89. The van der Waals surface area contributed by atoms with Crippen LogP contribution in [0.5, 0.6) is 5.75 Å². The number of rotatable bonds is 3. The number of nitrogens with one attached hydrogen (secondary N) is 2. The molecule has 0 spiro atoms. The quantitative estimate of drug-likeness (QED) is 0.687. The van der Waals surface area contributed by atoms with Crippen molar-refractivity contribution in [2.24, 2.45) is 0 Å². The van der Waals surface area contributed by atoms with Gasteiger partial charge >= 0.3 is 18.5 Å². The van der Waals surface area contributed by atoms with E-state index in [0.29, 0.717) is 0 Å². The van der Waals surface area contributed by atoms with Crippen LogP contribution in [-0.2, 0) is 4.74 Å². The highest BCUT2D eigenvalue weighted by atomic mass is 19.4. The van der Waals surface area contributed by atoms with Crippen LogP contribution in [0.3, 0.4) is 0 Å². The summed E-state index contributed by atoms with van der Waals surface area (Å²) in [5, 5.41) is 4.49. The largest absolute Gasteiger partial charge is 0.573 e. The lowest BCUT2D eigenvalue weighted by atomic mass is 10.0. The third-order valence-corrected chi connectivity index (χ3v) is 3.95. The van der Waals surface area contributed by atoms with E-state index in [-0.39, 0.29) is 12.2 Å². The lowest BCUT2D eigenvalue weighted by molar-refractivity contribution is -0.274. The Kier molecular flexibility index (Phi) is 6.67. The number of ether oxygens (including phenoxy) is 2. The number of urea groups is 1. The lowest BCUT2D eigenvalue weighted by Crippen LogP contribution is -2.60. The monoisotopic (exact) mass is 439 g/mol. The predicted molar refractivity (Wildman–Crippen MR) is 96.4 cm³/mol. The molecule has 2 N–H and O–H groups in total. The number of carbonyl (C=O) groups is 2. The summed E-state index contributed by atoms with van der Waals surface area (Å²) in [6.07, 6.45) is -6.56. The van der Waals surface area contributed by atoms with Crippen LogP contribution in [0.2, 0.25) is 0 Å². The van der Waals surface area contributed by atoms with Gasteiger partial charge in [0.2, 0.25) is 0 Å². The van der Waals surface area contributed by atoms with E-state index in [1.165, 1.54) is 12.1 Å². The van der Waals surface area contributed by atoms with Crippen molar-refractivity contribution < 1.29 is 41.0 Å². The molecule has 0 bridgehead atoms. The minimum absolute atomic E-state index is 0.142. The van der Waals surface area contributed by atoms with Crippen LogP contribution in [0, 0.1) is 0 Å². The number of carbonyl (C=O) groups excluding carboxylic acids is 2. The minimum atomic E-state index is -4.85. The number of alkyl halides is 5. The number of likely N-dealkylation sites (tertiary alicyclic amines) is 1. The number of hydrogen-bond donors (Lipinski definition) is 2. The second kappa shape index (κ2) is 8.52. The van der Waals surface area contributed by atoms with Crippen molar-refractivity contribution in [1.29, 1.82) is 0 Å². The summed E-state index contributed by atoms with van der Waals surface area (Å²) in [7, 11) is 0. The zero-order valence-corrected chi connectivity index (χ0v) is 16.5. The van der Waals surface area contributed by atoms with Crippen LogP contribution in [0.1, 0.15) is 27.2 Å². The Morgan fingerprint density at radius 2 is 1.73 bits per heavy atom. The highest BCUT2D eigenvalue weighted by Gasteiger charge is 2.46. The Morgan fingerprint density at radius 3 is 2.27 bits per heavy atom. The van der Waals surface area contributed by atoms with Gasteiger partial charge in [-0.05, 0) is 45.0 Å². The number of amides is 3. The molecule has 1 aliphatic heterocycles. The summed E-state index contributed by atoms with van der Waals surface area (Å²) in [6.45, 7) is 3.98. The molecule has 1 aliphatic rings. The van der Waals surface area contributed by atoms with E-state index in [4.69, 9.17) is 4.74 Å². The molecule has 1 fully saturated rings. The van der Waals surface area contributed by atoms with Crippen LogP contribution < -0.4 is 15.4 Å². The SMILES string of the molecule is CC(C)(C)OC(=O)NC1CN(C(=O)Nc2ccc(OC(F)(F)F)cc2)CCC1(F)F. The predicted octanol–water partition coefficient (Wildman–Crippen LogP) is 4.35. The number of hydrogen-bond acceptors (Lipinski definition) is 4. The summed E-state index contributed by atoms with van der Waals surface area (Å²) in [6, 6.07) is 1.95. The number of piperidine rings is 1. The second-order valence-corrected chi connectivity index (χ2v) is 7.66. The first kappa shape index (κ1) is 23.5.